The molecular weight excluding hydrogens is 268 g/mol. The zero-order chi connectivity index (χ0) is 14.8. The molecule has 1 aromatic carbocycles. The first-order valence-electron chi connectivity index (χ1n) is 6.82. The van der Waals surface area contributed by atoms with Gasteiger partial charge in [-0.05, 0) is 25.5 Å². The van der Waals surface area contributed by atoms with Gasteiger partial charge >= 0.3 is 0 Å². The second-order valence-electron chi connectivity index (χ2n) is 4.97. The number of rotatable bonds is 2. The van der Waals surface area contributed by atoms with Crippen molar-refractivity contribution in [2.75, 3.05) is 11.9 Å². The number of nitrogens with zero attached hydrogens (tertiary/aromatic N) is 1. The van der Waals surface area contributed by atoms with Gasteiger partial charge in [-0.25, -0.2) is 4.98 Å². The molecule has 1 amide bonds. The molecular formula is C16H16N2O3. The number of amides is 1. The van der Waals surface area contributed by atoms with E-state index >= 15 is 0 Å². The summed E-state index contributed by atoms with van der Waals surface area (Å²) in [6.07, 6.45) is 0.624. The highest BCUT2D eigenvalue weighted by atomic mass is 16.5. The van der Waals surface area contributed by atoms with Crippen LogP contribution in [0.5, 0.6) is 5.75 Å². The van der Waals surface area contributed by atoms with Gasteiger partial charge in [0.25, 0.3) is 5.91 Å². The van der Waals surface area contributed by atoms with Crippen molar-refractivity contribution in [3.63, 3.8) is 0 Å². The van der Waals surface area contributed by atoms with Crippen LogP contribution < -0.4 is 5.32 Å². The van der Waals surface area contributed by atoms with Gasteiger partial charge in [-0.2, -0.15) is 0 Å². The van der Waals surface area contributed by atoms with Crippen molar-refractivity contribution in [2.45, 2.75) is 20.0 Å². The van der Waals surface area contributed by atoms with E-state index in [1.807, 2.05) is 18.2 Å². The molecule has 5 heteroatoms. The van der Waals surface area contributed by atoms with Crippen molar-refractivity contribution >= 4 is 11.7 Å². The summed E-state index contributed by atoms with van der Waals surface area (Å²) in [4.78, 5) is 16.5. The lowest BCUT2D eigenvalue weighted by atomic mass is 10.0. The summed E-state index contributed by atoms with van der Waals surface area (Å²) < 4.78 is 5.42. The van der Waals surface area contributed by atoms with Gasteiger partial charge in [0.2, 0.25) is 0 Å². The van der Waals surface area contributed by atoms with Gasteiger partial charge < -0.3 is 15.2 Å². The Kier molecular flexibility index (Phi) is 3.58. The predicted molar refractivity (Wildman–Crippen MR) is 78.4 cm³/mol. The molecule has 0 radical (unpaired) electrons. The number of ether oxygens (including phenoxy) is 1. The van der Waals surface area contributed by atoms with Crippen molar-refractivity contribution in [2.24, 2.45) is 0 Å². The number of carbonyl (C=O) groups excluding carboxylic acids is 1. The van der Waals surface area contributed by atoms with Crippen LogP contribution in [0.3, 0.4) is 0 Å². The van der Waals surface area contributed by atoms with Crippen molar-refractivity contribution < 1.29 is 14.6 Å². The molecule has 0 saturated carbocycles. The van der Waals surface area contributed by atoms with E-state index in [4.69, 9.17) is 4.74 Å². The van der Waals surface area contributed by atoms with Gasteiger partial charge in [-0.15, -0.1) is 0 Å². The lowest BCUT2D eigenvalue weighted by molar-refractivity contribution is 0.102. The fraction of sp³-hybridized carbons (Fsp3) is 0.250. The molecule has 0 aliphatic carbocycles. The van der Waals surface area contributed by atoms with E-state index in [1.54, 1.807) is 19.1 Å². The average Bonchev–Trinajstić information content (AvgIpc) is 2.53. The fourth-order valence-electron chi connectivity index (χ4n) is 2.44. The minimum atomic E-state index is -0.221. The fourth-order valence-corrected chi connectivity index (χ4v) is 2.44. The van der Waals surface area contributed by atoms with Crippen LogP contribution in [0.2, 0.25) is 0 Å². The molecule has 0 atom stereocenters. The number of hydrogen-bond donors (Lipinski definition) is 2. The molecule has 2 heterocycles. The molecule has 1 aliphatic heterocycles. The van der Waals surface area contributed by atoms with Crippen LogP contribution in [0.1, 0.15) is 27.2 Å². The number of hydrogen-bond acceptors (Lipinski definition) is 4. The van der Waals surface area contributed by atoms with Crippen molar-refractivity contribution in [3.05, 3.63) is 52.7 Å². The summed E-state index contributed by atoms with van der Waals surface area (Å²) in [5, 5.41) is 12.9. The Balaban J connectivity index is 1.96. The number of carbonyl (C=O) groups is 1. The number of pyridine rings is 1. The Bertz CT molecular complexity index is 684. The van der Waals surface area contributed by atoms with Crippen LogP contribution in [-0.2, 0) is 17.8 Å². The lowest BCUT2D eigenvalue weighted by Crippen LogP contribution is -2.19. The number of aryl methyl sites for hydroxylation is 1. The van der Waals surface area contributed by atoms with E-state index in [9.17, 15) is 9.90 Å². The maximum atomic E-state index is 12.2. The number of fused-ring (bicyclic) bond motifs is 1. The normalized spacial score (nSPS) is 13.6. The van der Waals surface area contributed by atoms with Gasteiger partial charge in [0.05, 0.1) is 18.9 Å². The molecule has 2 aromatic rings. The summed E-state index contributed by atoms with van der Waals surface area (Å²) in [5.74, 6) is 0.445. The van der Waals surface area contributed by atoms with Crippen LogP contribution in [0, 0.1) is 6.92 Å². The Morgan fingerprint density at radius 1 is 1.29 bits per heavy atom. The van der Waals surface area contributed by atoms with Gasteiger partial charge in [0, 0.05) is 16.7 Å². The molecule has 108 valence electrons. The lowest BCUT2D eigenvalue weighted by Gasteiger charge is -2.21. The van der Waals surface area contributed by atoms with E-state index < -0.39 is 0 Å². The van der Waals surface area contributed by atoms with Crippen LogP contribution in [-0.4, -0.2) is 22.6 Å². The highest BCUT2D eigenvalue weighted by Gasteiger charge is 2.22. The topological polar surface area (TPSA) is 71.5 Å². The summed E-state index contributed by atoms with van der Waals surface area (Å²) in [7, 11) is 0. The molecule has 0 fully saturated rings. The first-order chi connectivity index (χ1) is 10.2. The first kappa shape index (κ1) is 13.6. The third kappa shape index (κ3) is 2.60. The number of nitrogens with one attached hydrogen (secondary N) is 1. The van der Waals surface area contributed by atoms with Crippen molar-refractivity contribution in [3.8, 4) is 5.75 Å². The van der Waals surface area contributed by atoms with Gasteiger partial charge in [0.15, 0.2) is 0 Å². The van der Waals surface area contributed by atoms with Crippen LogP contribution in [0.4, 0.5) is 5.82 Å². The Labute approximate surface area is 122 Å². The second-order valence-corrected chi connectivity index (χ2v) is 4.97. The summed E-state index contributed by atoms with van der Waals surface area (Å²) >= 11 is 0. The minimum Gasteiger partial charge on any atom is -0.506 e. The first-order valence-corrected chi connectivity index (χ1v) is 6.82. The highest BCUT2D eigenvalue weighted by molar-refractivity contribution is 6.04. The predicted octanol–water partition coefficient (Wildman–Crippen LogP) is 2.42. The van der Waals surface area contributed by atoms with Crippen LogP contribution in [0.25, 0.3) is 0 Å². The molecule has 21 heavy (non-hydrogen) atoms. The van der Waals surface area contributed by atoms with Gasteiger partial charge in [-0.1, -0.05) is 18.2 Å². The van der Waals surface area contributed by atoms with E-state index in [2.05, 4.69) is 10.3 Å². The largest absolute Gasteiger partial charge is 0.506 e. The van der Waals surface area contributed by atoms with E-state index in [0.29, 0.717) is 36.7 Å². The average molecular weight is 284 g/mol. The van der Waals surface area contributed by atoms with E-state index in [1.165, 1.54) is 0 Å². The molecule has 0 unspecified atom stereocenters. The van der Waals surface area contributed by atoms with E-state index in [0.717, 1.165) is 11.1 Å². The smallest absolute Gasteiger partial charge is 0.256 e. The highest BCUT2D eigenvalue weighted by Crippen LogP contribution is 2.32. The molecule has 2 N–H and O–H groups in total. The second kappa shape index (κ2) is 5.54. The van der Waals surface area contributed by atoms with E-state index in [-0.39, 0.29) is 11.7 Å². The van der Waals surface area contributed by atoms with Gasteiger partial charge in [-0.3, -0.25) is 4.79 Å². The van der Waals surface area contributed by atoms with Crippen molar-refractivity contribution in [1.82, 2.24) is 4.98 Å². The van der Waals surface area contributed by atoms with Crippen LogP contribution >= 0.6 is 0 Å². The van der Waals surface area contributed by atoms with Crippen LogP contribution in [0.15, 0.2) is 30.3 Å². The Morgan fingerprint density at radius 2 is 2.05 bits per heavy atom. The number of aromatic hydroxyl groups is 1. The van der Waals surface area contributed by atoms with Crippen molar-refractivity contribution in [1.29, 1.82) is 0 Å². The maximum absolute atomic E-state index is 12.2. The monoisotopic (exact) mass is 284 g/mol. The number of anilines is 1. The molecule has 1 aromatic heterocycles. The Hall–Kier alpha value is -2.40. The minimum absolute atomic E-state index is 0.200. The summed E-state index contributed by atoms with van der Waals surface area (Å²) in [6, 6.07) is 8.96. The zero-order valence-corrected chi connectivity index (χ0v) is 11.7. The molecule has 0 saturated heterocycles. The molecule has 1 aliphatic rings. The molecule has 5 nitrogen and oxygen atoms in total. The number of aromatic nitrogens is 1. The molecule has 3 rings (SSSR count). The van der Waals surface area contributed by atoms with Gasteiger partial charge in [0.1, 0.15) is 11.6 Å². The molecule has 0 bridgehead atoms. The standard InChI is InChI=1S/C16H16N2O3/c1-10-14(19)12-7-8-21-9-13(12)15(17-10)18-16(20)11-5-3-2-4-6-11/h2-6,19H,7-9H2,1H3,(H,17,18,20). The maximum Gasteiger partial charge on any atom is 0.256 e. The summed E-state index contributed by atoms with van der Waals surface area (Å²) in [5.41, 5.74) is 2.65. The number of benzene rings is 1. The Morgan fingerprint density at radius 3 is 2.81 bits per heavy atom. The quantitative estimate of drug-likeness (QED) is 0.888. The SMILES string of the molecule is Cc1nc(NC(=O)c2ccccc2)c2c(c1O)CCOC2. The molecule has 0 spiro atoms. The third-order valence-corrected chi connectivity index (χ3v) is 3.57. The summed E-state index contributed by atoms with van der Waals surface area (Å²) in [6.45, 7) is 2.64. The zero-order valence-electron chi connectivity index (χ0n) is 11.7. The third-order valence-electron chi connectivity index (χ3n) is 3.57.